The number of benzene rings is 4. The standard InChI is InChI=1S/C36H31F4NO4/c37-35(38)36(39,40)45-29-9-4-6-24(20-29)21-32(41-34(44)31-11-5-8-27-7-2-1-3-10-30(27)31)33(43)28-18-16-26(17-19-28)25-14-12-23(22-42)13-15-25/h3-6,8-20,22,32-33,35,43H,1-2,7,21H2,(H,41,44). The van der Waals surface area contributed by atoms with Crippen LogP contribution >= 0.6 is 0 Å². The maximum atomic E-state index is 13.7. The Morgan fingerprint density at radius 1 is 0.956 bits per heavy atom. The second kappa shape index (κ2) is 13.9. The van der Waals surface area contributed by atoms with Crippen LogP contribution < -0.4 is 10.1 Å². The van der Waals surface area contributed by atoms with Gasteiger partial charge in [0.2, 0.25) is 0 Å². The lowest BCUT2D eigenvalue weighted by Gasteiger charge is -2.26. The van der Waals surface area contributed by atoms with Crippen LogP contribution in [0.2, 0.25) is 0 Å². The maximum Gasteiger partial charge on any atom is 0.461 e. The summed E-state index contributed by atoms with van der Waals surface area (Å²) in [6.07, 6.45) is -2.60. The first-order valence-corrected chi connectivity index (χ1v) is 14.5. The molecule has 0 saturated carbocycles. The molecule has 5 nitrogen and oxygen atoms in total. The fourth-order valence-electron chi connectivity index (χ4n) is 5.38. The van der Waals surface area contributed by atoms with Crippen molar-refractivity contribution in [1.82, 2.24) is 5.32 Å². The van der Waals surface area contributed by atoms with E-state index in [0.29, 0.717) is 22.3 Å². The number of rotatable bonds is 11. The molecule has 45 heavy (non-hydrogen) atoms. The first-order chi connectivity index (χ1) is 21.6. The fraction of sp³-hybridized carbons (Fsp3) is 0.222. The third-order valence-corrected chi connectivity index (χ3v) is 7.73. The molecule has 1 aliphatic rings. The molecule has 2 atom stereocenters. The van der Waals surface area contributed by atoms with Gasteiger partial charge in [0.15, 0.2) is 0 Å². The SMILES string of the molecule is O=Cc1ccc(-c2ccc(C(O)C(Cc3cccc(OC(F)(F)C(F)F)c3)NC(=O)c3cccc4c3C=CCCC4)cc2)cc1. The van der Waals surface area contributed by atoms with Crippen molar-refractivity contribution >= 4 is 18.3 Å². The van der Waals surface area contributed by atoms with Crippen LogP contribution in [0.1, 0.15) is 61.9 Å². The molecule has 0 heterocycles. The van der Waals surface area contributed by atoms with Crippen LogP contribution in [-0.4, -0.2) is 35.9 Å². The Hall–Kier alpha value is -4.76. The monoisotopic (exact) mass is 617 g/mol. The molecule has 2 unspecified atom stereocenters. The number of amides is 1. The maximum absolute atomic E-state index is 13.7. The van der Waals surface area contributed by atoms with Crippen LogP contribution in [0.25, 0.3) is 17.2 Å². The number of alkyl halides is 4. The third kappa shape index (κ3) is 7.67. The van der Waals surface area contributed by atoms with Crippen LogP contribution in [-0.2, 0) is 12.8 Å². The number of halogens is 4. The summed E-state index contributed by atoms with van der Waals surface area (Å²) in [5.41, 5.74) is 5.38. The van der Waals surface area contributed by atoms with Crippen LogP contribution in [0.15, 0.2) is 97.1 Å². The van der Waals surface area contributed by atoms with Gasteiger partial charge in [-0.2, -0.15) is 17.6 Å². The van der Waals surface area contributed by atoms with Crippen molar-refractivity contribution in [3.8, 4) is 16.9 Å². The van der Waals surface area contributed by atoms with Crippen LogP contribution in [0.4, 0.5) is 17.6 Å². The summed E-state index contributed by atoms with van der Waals surface area (Å²) in [7, 11) is 0. The van der Waals surface area contributed by atoms with Gasteiger partial charge in [0.05, 0.1) is 12.1 Å². The van der Waals surface area contributed by atoms with Crippen molar-refractivity contribution in [1.29, 1.82) is 0 Å². The lowest BCUT2D eigenvalue weighted by molar-refractivity contribution is -0.253. The number of fused-ring (bicyclic) bond motifs is 1. The molecule has 0 radical (unpaired) electrons. The lowest BCUT2D eigenvalue weighted by atomic mass is 9.93. The van der Waals surface area contributed by atoms with Gasteiger partial charge < -0.3 is 15.2 Å². The summed E-state index contributed by atoms with van der Waals surface area (Å²) in [5, 5.41) is 14.5. The van der Waals surface area contributed by atoms with Gasteiger partial charge in [-0.3, -0.25) is 9.59 Å². The van der Waals surface area contributed by atoms with Crippen LogP contribution in [0.5, 0.6) is 5.75 Å². The lowest BCUT2D eigenvalue weighted by Crippen LogP contribution is -2.41. The number of aliphatic hydroxyl groups is 1. The first kappa shape index (κ1) is 31.7. The minimum absolute atomic E-state index is 0.0237. The normalized spacial score (nSPS) is 14.3. The van der Waals surface area contributed by atoms with Crippen molar-refractivity contribution in [2.45, 2.75) is 50.4 Å². The minimum atomic E-state index is -4.68. The predicted octanol–water partition coefficient (Wildman–Crippen LogP) is 7.83. The number of carbonyl (C=O) groups is 2. The summed E-state index contributed by atoms with van der Waals surface area (Å²) < 4.78 is 57.0. The van der Waals surface area contributed by atoms with Crippen molar-refractivity contribution in [2.75, 3.05) is 0 Å². The van der Waals surface area contributed by atoms with E-state index in [2.05, 4.69) is 10.1 Å². The molecule has 232 valence electrons. The molecular formula is C36H31F4NO4. The molecular weight excluding hydrogens is 586 g/mol. The van der Waals surface area contributed by atoms with E-state index in [4.69, 9.17) is 0 Å². The molecule has 9 heteroatoms. The topological polar surface area (TPSA) is 75.6 Å². The van der Waals surface area contributed by atoms with Gasteiger partial charge in [-0.15, -0.1) is 0 Å². The molecule has 0 spiro atoms. The number of carbonyl (C=O) groups excluding carboxylic acids is 2. The highest BCUT2D eigenvalue weighted by Crippen LogP contribution is 2.30. The number of nitrogens with one attached hydrogen (secondary N) is 1. The van der Waals surface area contributed by atoms with Crippen molar-refractivity contribution in [3.05, 3.63) is 130 Å². The summed E-state index contributed by atoms with van der Waals surface area (Å²) in [5.74, 6) is -0.896. The van der Waals surface area contributed by atoms with Gasteiger partial charge in [-0.1, -0.05) is 84.9 Å². The van der Waals surface area contributed by atoms with E-state index in [9.17, 15) is 32.3 Å². The van der Waals surface area contributed by atoms with Gasteiger partial charge in [-0.25, -0.2) is 0 Å². The van der Waals surface area contributed by atoms with Crippen LogP contribution in [0.3, 0.4) is 0 Å². The highest BCUT2D eigenvalue weighted by Gasteiger charge is 2.44. The Morgan fingerprint density at radius 2 is 1.64 bits per heavy atom. The van der Waals surface area contributed by atoms with Crippen molar-refractivity contribution in [2.24, 2.45) is 0 Å². The second-order valence-electron chi connectivity index (χ2n) is 10.9. The van der Waals surface area contributed by atoms with E-state index in [1.54, 1.807) is 48.5 Å². The first-order valence-electron chi connectivity index (χ1n) is 14.5. The minimum Gasteiger partial charge on any atom is -0.428 e. The zero-order valence-corrected chi connectivity index (χ0v) is 24.1. The number of allylic oxidation sites excluding steroid dienone is 1. The quantitative estimate of drug-likeness (QED) is 0.133. The van der Waals surface area contributed by atoms with Gasteiger partial charge in [-0.05, 0) is 77.3 Å². The second-order valence-corrected chi connectivity index (χ2v) is 10.9. The summed E-state index contributed by atoms with van der Waals surface area (Å²) in [6, 6.07) is 23.9. The van der Waals surface area contributed by atoms with Crippen molar-refractivity contribution in [3.63, 3.8) is 0 Å². The smallest absolute Gasteiger partial charge is 0.428 e. The Morgan fingerprint density at radius 3 is 2.33 bits per heavy atom. The molecule has 1 aliphatic carbocycles. The van der Waals surface area contributed by atoms with E-state index < -0.39 is 36.3 Å². The Labute approximate surface area is 258 Å². The Kier molecular flexibility index (Phi) is 9.78. The zero-order chi connectivity index (χ0) is 32.0. The van der Waals surface area contributed by atoms with Gasteiger partial charge in [0.1, 0.15) is 12.0 Å². The summed E-state index contributed by atoms with van der Waals surface area (Å²) >= 11 is 0. The molecule has 0 aliphatic heterocycles. The predicted molar refractivity (Wildman–Crippen MR) is 164 cm³/mol. The van der Waals surface area contributed by atoms with Crippen molar-refractivity contribution < 1.29 is 37.0 Å². The van der Waals surface area contributed by atoms with Gasteiger partial charge >= 0.3 is 12.5 Å². The number of hydrogen-bond donors (Lipinski definition) is 2. The molecule has 0 aromatic heterocycles. The Balaban J connectivity index is 1.44. The molecule has 4 aromatic rings. The number of aldehydes is 1. The van der Waals surface area contributed by atoms with Gasteiger partial charge in [0, 0.05) is 11.1 Å². The number of aryl methyl sites for hydroxylation is 1. The third-order valence-electron chi connectivity index (χ3n) is 7.73. The highest BCUT2D eigenvalue weighted by molar-refractivity contribution is 5.98. The molecule has 2 N–H and O–H groups in total. The molecule has 0 bridgehead atoms. The van der Waals surface area contributed by atoms with E-state index in [0.717, 1.165) is 53.9 Å². The molecule has 0 saturated heterocycles. The van der Waals surface area contributed by atoms with E-state index >= 15 is 0 Å². The average Bonchev–Trinajstić information content (AvgIpc) is 3.30. The van der Waals surface area contributed by atoms with Crippen LogP contribution in [0, 0.1) is 0 Å². The molecule has 1 amide bonds. The average molecular weight is 618 g/mol. The number of hydrogen-bond acceptors (Lipinski definition) is 4. The largest absolute Gasteiger partial charge is 0.461 e. The number of ether oxygens (including phenoxy) is 1. The highest BCUT2D eigenvalue weighted by atomic mass is 19.3. The molecule has 5 rings (SSSR count). The molecule has 4 aromatic carbocycles. The summed E-state index contributed by atoms with van der Waals surface area (Å²) in [4.78, 5) is 24.7. The van der Waals surface area contributed by atoms with E-state index in [1.807, 2.05) is 36.4 Å². The fourth-order valence-corrected chi connectivity index (χ4v) is 5.38. The number of aliphatic hydroxyl groups excluding tert-OH is 1. The van der Waals surface area contributed by atoms with E-state index in [-0.39, 0.29) is 6.42 Å². The van der Waals surface area contributed by atoms with Gasteiger partial charge in [0.25, 0.3) is 5.91 Å². The Bertz CT molecular complexity index is 1670. The van der Waals surface area contributed by atoms with E-state index in [1.165, 1.54) is 12.1 Å². The summed E-state index contributed by atoms with van der Waals surface area (Å²) in [6.45, 7) is 0. The zero-order valence-electron chi connectivity index (χ0n) is 24.1. The molecule has 0 fully saturated rings.